The lowest BCUT2D eigenvalue weighted by molar-refractivity contribution is -0.194. The molecule has 1 saturated carbocycles. The van der Waals surface area contributed by atoms with Gasteiger partial charge in [-0.05, 0) is 31.2 Å². The molecule has 0 heterocycles. The van der Waals surface area contributed by atoms with Crippen molar-refractivity contribution in [3.8, 4) is 5.75 Å². The predicted octanol–water partition coefficient (Wildman–Crippen LogP) is 2.86. The van der Waals surface area contributed by atoms with Crippen molar-refractivity contribution in [1.29, 1.82) is 0 Å². The Morgan fingerprint density at radius 1 is 1.26 bits per heavy atom. The highest BCUT2D eigenvalue weighted by Gasteiger charge is 2.66. The van der Waals surface area contributed by atoms with Crippen LogP contribution in [-0.2, 0) is 20.5 Å². The summed E-state index contributed by atoms with van der Waals surface area (Å²) in [5, 5.41) is 12.1. The molecular formula is C18H22F3NO5. The number of ether oxygens (including phenoxy) is 2. The summed E-state index contributed by atoms with van der Waals surface area (Å²) >= 11 is 0. The van der Waals surface area contributed by atoms with E-state index in [1.807, 2.05) is 0 Å². The maximum atomic E-state index is 12.5. The number of alkyl halides is 3. The zero-order valence-corrected chi connectivity index (χ0v) is 15.2. The van der Waals surface area contributed by atoms with Crippen LogP contribution in [0.15, 0.2) is 24.3 Å². The number of carbonyl (C=O) groups excluding carboxylic acids is 1. The summed E-state index contributed by atoms with van der Waals surface area (Å²) < 4.78 is 48.3. The first kappa shape index (κ1) is 21.0. The van der Waals surface area contributed by atoms with E-state index in [0.717, 1.165) is 24.3 Å². The molecule has 27 heavy (non-hydrogen) atoms. The van der Waals surface area contributed by atoms with Gasteiger partial charge in [0.05, 0.1) is 11.7 Å². The Balaban J connectivity index is 1.99. The first-order valence-corrected chi connectivity index (χ1v) is 8.40. The van der Waals surface area contributed by atoms with Crippen molar-refractivity contribution in [2.75, 3.05) is 13.2 Å². The molecule has 0 bridgehead atoms. The van der Waals surface area contributed by atoms with Crippen molar-refractivity contribution in [2.24, 2.45) is 5.41 Å². The summed E-state index contributed by atoms with van der Waals surface area (Å²) in [6, 6.07) is 3.88. The summed E-state index contributed by atoms with van der Waals surface area (Å²) in [6.07, 6.45) is -4.65. The van der Waals surface area contributed by atoms with Crippen molar-refractivity contribution < 1.29 is 37.3 Å². The Bertz CT molecular complexity index is 702. The van der Waals surface area contributed by atoms with Gasteiger partial charge in [0.2, 0.25) is 0 Å². The predicted molar refractivity (Wildman–Crippen MR) is 89.3 cm³/mol. The largest absolute Gasteiger partial charge is 0.484 e. The molecule has 6 nitrogen and oxygen atoms in total. The first-order valence-electron chi connectivity index (χ1n) is 8.40. The first-order chi connectivity index (χ1) is 12.4. The summed E-state index contributed by atoms with van der Waals surface area (Å²) in [5.74, 6) is -1.78. The molecule has 1 fully saturated rings. The minimum absolute atomic E-state index is 0.0718. The van der Waals surface area contributed by atoms with Crippen LogP contribution in [0.2, 0.25) is 0 Å². The number of amides is 1. The van der Waals surface area contributed by atoms with Crippen LogP contribution in [0.25, 0.3) is 0 Å². The van der Waals surface area contributed by atoms with Crippen LogP contribution in [0.3, 0.4) is 0 Å². The van der Waals surface area contributed by atoms with Crippen LogP contribution in [0.4, 0.5) is 13.2 Å². The van der Waals surface area contributed by atoms with Gasteiger partial charge in [-0.25, -0.2) is 4.79 Å². The number of aliphatic carboxylic acids is 1. The Morgan fingerprint density at radius 3 is 2.30 bits per heavy atom. The molecule has 9 heteroatoms. The number of nitrogens with one attached hydrogen (secondary N) is 1. The van der Waals surface area contributed by atoms with E-state index >= 15 is 0 Å². The van der Waals surface area contributed by atoms with E-state index in [0.29, 0.717) is 6.61 Å². The molecule has 1 aromatic carbocycles. The van der Waals surface area contributed by atoms with Gasteiger partial charge >= 0.3 is 12.1 Å². The minimum atomic E-state index is -4.46. The normalized spacial score (nSPS) is 24.0. The third-order valence-corrected chi connectivity index (χ3v) is 5.03. The van der Waals surface area contributed by atoms with Crippen LogP contribution < -0.4 is 10.1 Å². The van der Waals surface area contributed by atoms with Crippen LogP contribution in [0, 0.1) is 5.41 Å². The Morgan fingerprint density at radius 2 is 1.85 bits per heavy atom. The van der Waals surface area contributed by atoms with Gasteiger partial charge < -0.3 is 19.9 Å². The fourth-order valence-corrected chi connectivity index (χ4v) is 3.20. The van der Waals surface area contributed by atoms with E-state index in [1.54, 1.807) is 20.8 Å². The van der Waals surface area contributed by atoms with Gasteiger partial charge in [-0.1, -0.05) is 13.8 Å². The second-order valence-electron chi connectivity index (χ2n) is 6.94. The van der Waals surface area contributed by atoms with Gasteiger partial charge in [-0.15, -0.1) is 0 Å². The molecule has 0 saturated heterocycles. The molecule has 1 aromatic rings. The van der Waals surface area contributed by atoms with Gasteiger partial charge in [-0.3, -0.25) is 4.79 Å². The standard InChI is InChI=1S/C18H22F3NO5/c1-4-26-13-9-17(15(24)25,16(13,2)3)22-14(23)10-27-12-7-5-11(6-8-12)18(19,20)21/h5-8,13H,4,9-10H2,1-3H3,(H,22,23)(H,24,25). The van der Waals surface area contributed by atoms with E-state index in [-0.39, 0.29) is 18.3 Å². The fraction of sp³-hybridized carbons (Fsp3) is 0.556. The van der Waals surface area contributed by atoms with Crippen LogP contribution in [0.1, 0.15) is 32.8 Å². The summed E-state index contributed by atoms with van der Waals surface area (Å²) in [7, 11) is 0. The summed E-state index contributed by atoms with van der Waals surface area (Å²) in [5.41, 5.74) is -3.16. The molecular weight excluding hydrogens is 367 g/mol. The van der Waals surface area contributed by atoms with E-state index < -0.39 is 41.2 Å². The monoisotopic (exact) mass is 389 g/mol. The second-order valence-corrected chi connectivity index (χ2v) is 6.94. The Hall–Kier alpha value is -2.29. The van der Waals surface area contributed by atoms with Crippen molar-refractivity contribution in [3.05, 3.63) is 29.8 Å². The lowest BCUT2D eigenvalue weighted by Gasteiger charge is -2.58. The van der Waals surface area contributed by atoms with Crippen LogP contribution in [0.5, 0.6) is 5.75 Å². The lowest BCUT2D eigenvalue weighted by Crippen LogP contribution is -2.76. The fourth-order valence-electron chi connectivity index (χ4n) is 3.20. The average Bonchev–Trinajstić information content (AvgIpc) is 2.58. The van der Waals surface area contributed by atoms with Crippen molar-refractivity contribution >= 4 is 11.9 Å². The van der Waals surface area contributed by atoms with Gasteiger partial charge in [0, 0.05) is 18.4 Å². The van der Waals surface area contributed by atoms with Gasteiger partial charge in [0.25, 0.3) is 5.91 Å². The maximum Gasteiger partial charge on any atom is 0.416 e. The SMILES string of the molecule is CCOC1CC(NC(=O)COc2ccc(C(F)(F)F)cc2)(C(=O)O)C1(C)C. The number of benzene rings is 1. The van der Waals surface area contributed by atoms with Crippen LogP contribution >= 0.6 is 0 Å². The molecule has 2 rings (SSSR count). The number of carboxylic acids is 1. The third-order valence-electron chi connectivity index (χ3n) is 5.03. The molecule has 1 aliphatic carbocycles. The Labute approximate surface area is 154 Å². The highest BCUT2D eigenvalue weighted by atomic mass is 19.4. The molecule has 1 amide bonds. The number of halogens is 3. The molecule has 2 unspecified atom stereocenters. The van der Waals surface area contributed by atoms with E-state index in [2.05, 4.69) is 5.32 Å². The molecule has 1 aliphatic rings. The van der Waals surface area contributed by atoms with E-state index in [4.69, 9.17) is 9.47 Å². The topological polar surface area (TPSA) is 84.9 Å². The number of hydrogen-bond donors (Lipinski definition) is 2. The molecule has 0 aromatic heterocycles. The van der Waals surface area contributed by atoms with Gasteiger partial charge in [0.1, 0.15) is 11.3 Å². The average molecular weight is 389 g/mol. The van der Waals surface area contributed by atoms with E-state index in [1.165, 1.54) is 0 Å². The quantitative estimate of drug-likeness (QED) is 0.749. The molecule has 0 spiro atoms. The molecule has 0 aliphatic heterocycles. The molecule has 2 atom stereocenters. The number of carboxylic acid groups (broad SMARTS) is 1. The smallest absolute Gasteiger partial charge is 0.416 e. The minimum Gasteiger partial charge on any atom is -0.484 e. The number of carbonyl (C=O) groups is 2. The van der Waals surface area contributed by atoms with Gasteiger partial charge in [0.15, 0.2) is 6.61 Å². The van der Waals surface area contributed by atoms with Crippen LogP contribution in [-0.4, -0.2) is 41.8 Å². The zero-order chi connectivity index (χ0) is 20.5. The number of hydrogen-bond acceptors (Lipinski definition) is 4. The summed E-state index contributed by atoms with van der Waals surface area (Å²) in [6.45, 7) is 5.10. The zero-order valence-electron chi connectivity index (χ0n) is 15.2. The van der Waals surface area contributed by atoms with Crippen molar-refractivity contribution in [2.45, 2.75) is 45.0 Å². The molecule has 0 radical (unpaired) electrons. The molecule has 2 N–H and O–H groups in total. The van der Waals surface area contributed by atoms with Gasteiger partial charge in [-0.2, -0.15) is 13.2 Å². The molecule has 150 valence electrons. The lowest BCUT2D eigenvalue weighted by atomic mass is 9.54. The van der Waals surface area contributed by atoms with Crippen molar-refractivity contribution in [1.82, 2.24) is 5.32 Å². The van der Waals surface area contributed by atoms with Crippen molar-refractivity contribution in [3.63, 3.8) is 0 Å². The number of rotatable bonds is 7. The Kier molecular flexibility index (Phi) is 5.74. The highest BCUT2D eigenvalue weighted by molar-refractivity contribution is 5.90. The highest BCUT2D eigenvalue weighted by Crippen LogP contribution is 2.51. The summed E-state index contributed by atoms with van der Waals surface area (Å²) in [4.78, 5) is 24.0. The third kappa shape index (κ3) is 4.02. The maximum absolute atomic E-state index is 12.5. The second kappa shape index (κ2) is 7.38. The van der Waals surface area contributed by atoms with E-state index in [9.17, 15) is 27.9 Å².